The maximum absolute atomic E-state index is 12.4. The van der Waals surface area contributed by atoms with Crippen LogP contribution in [0.3, 0.4) is 0 Å². The minimum atomic E-state index is 0.315. The Morgan fingerprint density at radius 3 is 2.35 bits per heavy atom. The molecule has 2 saturated heterocycles. The molecule has 0 saturated carbocycles. The number of anilines is 1. The molecule has 0 atom stereocenters. The van der Waals surface area contributed by atoms with Crippen molar-refractivity contribution >= 4 is 11.7 Å². The summed E-state index contributed by atoms with van der Waals surface area (Å²) in [4.78, 5) is 23.6. The van der Waals surface area contributed by atoms with Crippen molar-refractivity contribution in [3.05, 3.63) is 24.4 Å². The number of piperazine rings is 1. The van der Waals surface area contributed by atoms with Gasteiger partial charge in [0, 0.05) is 45.3 Å². The van der Waals surface area contributed by atoms with Crippen LogP contribution in [-0.2, 0) is 4.79 Å². The van der Waals surface area contributed by atoms with E-state index in [2.05, 4.69) is 14.8 Å². The lowest BCUT2D eigenvalue weighted by Gasteiger charge is -2.35. The van der Waals surface area contributed by atoms with E-state index in [9.17, 15) is 4.79 Å². The number of hydrogen-bond donors (Lipinski definition) is 0. The molecule has 1 amide bonds. The highest BCUT2D eigenvalue weighted by molar-refractivity contribution is 5.76. The van der Waals surface area contributed by atoms with Gasteiger partial charge in [0.1, 0.15) is 5.82 Å². The van der Waals surface area contributed by atoms with E-state index in [0.29, 0.717) is 12.3 Å². The molecule has 5 heteroatoms. The Hall–Kier alpha value is -1.62. The topological polar surface area (TPSA) is 39.7 Å². The molecule has 0 unspecified atom stereocenters. The molecule has 2 aliphatic rings. The van der Waals surface area contributed by atoms with E-state index >= 15 is 0 Å². The second-order valence-electron chi connectivity index (χ2n) is 6.56. The third-order valence-electron chi connectivity index (χ3n) is 4.95. The Bertz CT molecular complexity index is 477. The minimum Gasteiger partial charge on any atom is -0.353 e. The van der Waals surface area contributed by atoms with Crippen LogP contribution in [0.4, 0.5) is 5.82 Å². The molecule has 0 radical (unpaired) electrons. The van der Waals surface area contributed by atoms with Crippen molar-refractivity contribution in [1.29, 1.82) is 0 Å². The number of rotatable bonds is 4. The van der Waals surface area contributed by atoms with Crippen molar-refractivity contribution in [1.82, 2.24) is 14.8 Å². The SMILES string of the molecule is O=C(CCN1CCCCCC1)N1CCN(c2ccccn2)CC1. The molecule has 1 aromatic heterocycles. The van der Waals surface area contributed by atoms with Crippen LogP contribution < -0.4 is 4.90 Å². The largest absolute Gasteiger partial charge is 0.353 e. The van der Waals surface area contributed by atoms with Gasteiger partial charge in [-0.05, 0) is 38.1 Å². The quantitative estimate of drug-likeness (QED) is 0.852. The van der Waals surface area contributed by atoms with Crippen LogP contribution >= 0.6 is 0 Å². The maximum atomic E-state index is 12.4. The van der Waals surface area contributed by atoms with Crippen LogP contribution in [0.15, 0.2) is 24.4 Å². The third-order valence-corrected chi connectivity index (χ3v) is 4.95. The zero-order valence-electron chi connectivity index (χ0n) is 14.0. The molecule has 5 nitrogen and oxygen atoms in total. The van der Waals surface area contributed by atoms with Gasteiger partial charge in [-0.1, -0.05) is 18.9 Å². The lowest BCUT2D eigenvalue weighted by atomic mass is 10.2. The molecule has 2 aliphatic heterocycles. The monoisotopic (exact) mass is 316 g/mol. The van der Waals surface area contributed by atoms with Crippen LogP contribution in [0.5, 0.6) is 0 Å². The molecular formula is C18H28N4O. The number of carbonyl (C=O) groups is 1. The number of nitrogens with zero attached hydrogens (tertiary/aromatic N) is 4. The van der Waals surface area contributed by atoms with Crippen molar-refractivity contribution < 1.29 is 4.79 Å². The average Bonchev–Trinajstić information content (AvgIpc) is 2.89. The molecule has 2 fully saturated rings. The zero-order valence-corrected chi connectivity index (χ0v) is 14.0. The predicted molar refractivity (Wildman–Crippen MR) is 92.6 cm³/mol. The summed E-state index contributed by atoms with van der Waals surface area (Å²) < 4.78 is 0. The van der Waals surface area contributed by atoms with Crippen molar-refractivity contribution in [3.63, 3.8) is 0 Å². The van der Waals surface area contributed by atoms with E-state index in [1.807, 2.05) is 29.3 Å². The van der Waals surface area contributed by atoms with Crippen molar-refractivity contribution in [2.24, 2.45) is 0 Å². The van der Waals surface area contributed by atoms with Gasteiger partial charge in [0.25, 0.3) is 0 Å². The fourth-order valence-electron chi connectivity index (χ4n) is 3.50. The number of pyridine rings is 1. The zero-order chi connectivity index (χ0) is 15.9. The van der Waals surface area contributed by atoms with Crippen LogP contribution in [-0.4, -0.2) is 66.5 Å². The van der Waals surface area contributed by atoms with E-state index in [1.54, 1.807) is 0 Å². The van der Waals surface area contributed by atoms with Gasteiger partial charge in [-0.3, -0.25) is 4.79 Å². The minimum absolute atomic E-state index is 0.315. The summed E-state index contributed by atoms with van der Waals surface area (Å²) in [5, 5.41) is 0. The molecule has 23 heavy (non-hydrogen) atoms. The second-order valence-corrected chi connectivity index (χ2v) is 6.56. The molecular weight excluding hydrogens is 288 g/mol. The second kappa shape index (κ2) is 8.29. The number of carbonyl (C=O) groups excluding carboxylic acids is 1. The van der Waals surface area contributed by atoms with E-state index in [-0.39, 0.29) is 0 Å². The lowest BCUT2D eigenvalue weighted by molar-refractivity contribution is -0.131. The first-order valence-corrected chi connectivity index (χ1v) is 8.99. The molecule has 0 bridgehead atoms. The summed E-state index contributed by atoms with van der Waals surface area (Å²) in [6.07, 6.45) is 7.77. The van der Waals surface area contributed by atoms with E-state index < -0.39 is 0 Å². The van der Waals surface area contributed by atoms with Gasteiger partial charge in [-0.15, -0.1) is 0 Å². The lowest BCUT2D eigenvalue weighted by Crippen LogP contribution is -2.49. The van der Waals surface area contributed by atoms with Crippen molar-refractivity contribution in [2.45, 2.75) is 32.1 Å². The summed E-state index contributed by atoms with van der Waals surface area (Å²) in [5.41, 5.74) is 0. The molecule has 0 aliphatic carbocycles. The van der Waals surface area contributed by atoms with E-state index in [4.69, 9.17) is 0 Å². The van der Waals surface area contributed by atoms with E-state index in [1.165, 1.54) is 38.8 Å². The summed E-state index contributed by atoms with van der Waals surface area (Å²) >= 11 is 0. The van der Waals surface area contributed by atoms with Gasteiger partial charge in [-0.2, -0.15) is 0 Å². The highest BCUT2D eigenvalue weighted by Crippen LogP contribution is 2.14. The standard InChI is InChI=1S/C18H28N4O/c23-18(8-12-20-10-5-1-2-6-11-20)22-15-13-21(14-16-22)17-7-3-4-9-19-17/h3-4,7,9H,1-2,5-6,8,10-16H2. The smallest absolute Gasteiger partial charge is 0.223 e. The molecule has 0 N–H and O–H groups in total. The Balaban J connectivity index is 1.41. The number of aromatic nitrogens is 1. The van der Waals surface area contributed by atoms with Crippen LogP contribution in [0, 0.1) is 0 Å². The molecule has 126 valence electrons. The first-order valence-electron chi connectivity index (χ1n) is 8.99. The molecule has 1 aromatic rings. The molecule has 3 heterocycles. The predicted octanol–water partition coefficient (Wildman–Crippen LogP) is 2.00. The number of amides is 1. The molecule has 3 rings (SSSR count). The van der Waals surface area contributed by atoms with Gasteiger partial charge in [0.15, 0.2) is 0 Å². The Morgan fingerprint density at radius 1 is 0.957 bits per heavy atom. The Kier molecular flexibility index (Phi) is 5.86. The van der Waals surface area contributed by atoms with Gasteiger partial charge in [-0.25, -0.2) is 4.98 Å². The number of likely N-dealkylation sites (tertiary alicyclic amines) is 1. The normalized spacial score (nSPS) is 20.3. The fourth-order valence-corrected chi connectivity index (χ4v) is 3.50. The molecule has 0 aromatic carbocycles. The van der Waals surface area contributed by atoms with Crippen molar-refractivity contribution in [3.8, 4) is 0 Å². The average molecular weight is 316 g/mol. The summed E-state index contributed by atoms with van der Waals surface area (Å²) in [7, 11) is 0. The van der Waals surface area contributed by atoms with Crippen LogP contribution in [0.1, 0.15) is 32.1 Å². The third kappa shape index (κ3) is 4.67. The fraction of sp³-hybridized carbons (Fsp3) is 0.667. The first-order chi connectivity index (χ1) is 11.3. The van der Waals surface area contributed by atoms with Gasteiger partial charge in [0.2, 0.25) is 5.91 Å². The highest BCUT2D eigenvalue weighted by Gasteiger charge is 2.22. The van der Waals surface area contributed by atoms with Gasteiger partial charge >= 0.3 is 0 Å². The maximum Gasteiger partial charge on any atom is 0.223 e. The van der Waals surface area contributed by atoms with Crippen molar-refractivity contribution in [2.75, 3.05) is 50.7 Å². The Labute approximate surface area is 139 Å². The van der Waals surface area contributed by atoms with Crippen LogP contribution in [0.2, 0.25) is 0 Å². The van der Waals surface area contributed by atoms with Gasteiger partial charge < -0.3 is 14.7 Å². The summed E-state index contributed by atoms with van der Waals surface area (Å²) in [5.74, 6) is 1.33. The molecule has 0 spiro atoms. The van der Waals surface area contributed by atoms with E-state index in [0.717, 1.165) is 38.5 Å². The first kappa shape index (κ1) is 16.2. The summed E-state index contributed by atoms with van der Waals surface area (Å²) in [6, 6.07) is 5.99. The summed E-state index contributed by atoms with van der Waals surface area (Å²) in [6.45, 7) is 6.66. The number of hydrogen-bond acceptors (Lipinski definition) is 4. The Morgan fingerprint density at radius 2 is 1.70 bits per heavy atom. The highest BCUT2D eigenvalue weighted by atomic mass is 16.2. The van der Waals surface area contributed by atoms with Crippen LogP contribution in [0.25, 0.3) is 0 Å². The van der Waals surface area contributed by atoms with Gasteiger partial charge in [0.05, 0.1) is 0 Å².